The maximum absolute atomic E-state index is 13.0. The minimum atomic E-state index is -0.0304. The summed E-state index contributed by atoms with van der Waals surface area (Å²) in [6.45, 7) is 0.821. The Morgan fingerprint density at radius 2 is 1.68 bits per heavy atom. The summed E-state index contributed by atoms with van der Waals surface area (Å²) in [5.41, 5.74) is 0.777. The lowest BCUT2D eigenvalue weighted by Gasteiger charge is -2.31. The number of amides is 1. The van der Waals surface area contributed by atoms with Crippen LogP contribution in [0.5, 0.6) is 0 Å². The first-order valence-corrected chi connectivity index (χ1v) is 11.2. The van der Waals surface area contributed by atoms with E-state index in [2.05, 4.69) is 10.6 Å². The number of nitrogens with one attached hydrogen (secondary N) is 2. The van der Waals surface area contributed by atoms with Gasteiger partial charge in [0.05, 0.1) is 0 Å². The van der Waals surface area contributed by atoms with Gasteiger partial charge in [-0.15, -0.1) is 0 Å². The van der Waals surface area contributed by atoms with Crippen LogP contribution in [0.25, 0.3) is 0 Å². The summed E-state index contributed by atoms with van der Waals surface area (Å²) in [6.07, 6.45) is 11.1. The molecular formula is C24H36N2O2. The highest BCUT2D eigenvalue weighted by molar-refractivity contribution is 5.98. The Labute approximate surface area is 169 Å². The topological polar surface area (TPSA) is 58.2 Å². The van der Waals surface area contributed by atoms with E-state index in [9.17, 15) is 9.59 Å². The number of carbonyl (C=O) groups excluding carboxylic acids is 2. The van der Waals surface area contributed by atoms with Crippen molar-refractivity contribution in [1.82, 2.24) is 10.6 Å². The van der Waals surface area contributed by atoms with Crippen LogP contribution in [0.15, 0.2) is 30.3 Å². The molecule has 0 bridgehead atoms. The van der Waals surface area contributed by atoms with Crippen LogP contribution < -0.4 is 10.6 Å². The molecule has 154 valence electrons. The van der Waals surface area contributed by atoms with Crippen molar-refractivity contribution >= 4 is 11.7 Å². The lowest BCUT2D eigenvalue weighted by Crippen LogP contribution is -2.46. The molecule has 0 radical (unpaired) electrons. The van der Waals surface area contributed by atoms with E-state index in [0.29, 0.717) is 6.42 Å². The number of carbonyl (C=O) groups is 2. The highest BCUT2D eigenvalue weighted by Crippen LogP contribution is 2.32. The van der Waals surface area contributed by atoms with Crippen molar-refractivity contribution in [2.45, 2.75) is 70.3 Å². The summed E-state index contributed by atoms with van der Waals surface area (Å²) < 4.78 is 0. The standard InChI is InChI=1S/C24H36N2O2/c1-25-17-22(15-18-9-4-2-5-10-18)26-24(28)21-14-8-13-20(16-21)23(27)19-11-6-3-7-12-19/h3,6-7,11-12,18,20-22,25H,2,4-5,8-10,13-17H2,1H3,(H,26,28)/t20?,21?,22-/m0/s1. The van der Waals surface area contributed by atoms with Crippen LogP contribution in [-0.4, -0.2) is 31.3 Å². The second kappa shape index (κ2) is 10.8. The molecule has 2 fully saturated rings. The molecule has 2 N–H and O–H groups in total. The molecule has 2 aliphatic carbocycles. The minimum absolute atomic E-state index is 0.0204. The molecular weight excluding hydrogens is 348 g/mol. The van der Waals surface area contributed by atoms with Crippen molar-refractivity contribution in [3.63, 3.8) is 0 Å². The molecule has 3 atom stereocenters. The number of hydrogen-bond donors (Lipinski definition) is 2. The second-order valence-electron chi connectivity index (χ2n) is 8.79. The Balaban J connectivity index is 1.55. The maximum atomic E-state index is 13.0. The number of ketones is 1. The Kier molecular flexibility index (Phi) is 8.08. The van der Waals surface area contributed by atoms with Gasteiger partial charge in [0.15, 0.2) is 5.78 Å². The quantitative estimate of drug-likeness (QED) is 0.655. The molecule has 0 heterocycles. The summed E-state index contributed by atoms with van der Waals surface area (Å²) in [6, 6.07) is 9.73. The predicted molar refractivity (Wildman–Crippen MR) is 113 cm³/mol. The Morgan fingerprint density at radius 1 is 0.964 bits per heavy atom. The van der Waals surface area contributed by atoms with Gasteiger partial charge in [-0.05, 0) is 38.6 Å². The van der Waals surface area contributed by atoms with Gasteiger partial charge in [0.2, 0.25) is 5.91 Å². The van der Waals surface area contributed by atoms with Crippen LogP contribution in [0.4, 0.5) is 0 Å². The molecule has 0 aliphatic heterocycles. The molecule has 1 aromatic rings. The zero-order chi connectivity index (χ0) is 19.8. The smallest absolute Gasteiger partial charge is 0.223 e. The molecule has 2 aliphatic rings. The fraction of sp³-hybridized carbons (Fsp3) is 0.667. The molecule has 2 saturated carbocycles. The van der Waals surface area contributed by atoms with E-state index in [4.69, 9.17) is 0 Å². The van der Waals surface area contributed by atoms with Crippen molar-refractivity contribution in [2.75, 3.05) is 13.6 Å². The maximum Gasteiger partial charge on any atom is 0.223 e. The van der Waals surface area contributed by atoms with E-state index >= 15 is 0 Å². The van der Waals surface area contributed by atoms with Crippen molar-refractivity contribution in [3.8, 4) is 0 Å². The van der Waals surface area contributed by atoms with Crippen LogP contribution in [0.2, 0.25) is 0 Å². The molecule has 2 unspecified atom stereocenters. The molecule has 1 aromatic carbocycles. The Hall–Kier alpha value is -1.68. The van der Waals surface area contributed by atoms with Gasteiger partial charge in [-0.25, -0.2) is 0 Å². The Morgan fingerprint density at radius 3 is 2.39 bits per heavy atom. The third kappa shape index (κ3) is 5.91. The molecule has 28 heavy (non-hydrogen) atoms. The summed E-state index contributed by atoms with van der Waals surface area (Å²) >= 11 is 0. The van der Waals surface area contributed by atoms with Gasteiger partial charge in [-0.3, -0.25) is 9.59 Å². The zero-order valence-corrected chi connectivity index (χ0v) is 17.3. The van der Waals surface area contributed by atoms with Crippen LogP contribution >= 0.6 is 0 Å². The van der Waals surface area contributed by atoms with E-state index < -0.39 is 0 Å². The number of likely N-dealkylation sites (N-methyl/N-ethyl adjacent to an activating group) is 1. The van der Waals surface area contributed by atoms with Crippen molar-refractivity contribution in [1.29, 1.82) is 0 Å². The van der Waals surface area contributed by atoms with Crippen LogP contribution in [0, 0.1) is 17.8 Å². The SMILES string of the molecule is CNC[C@H](CC1CCCCC1)NC(=O)C1CCCC(C(=O)c2ccccc2)C1. The first kappa shape index (κ1) is 21.0. The zero-order valence-electron chi connectivity index (χ0n) is 17.3. The first-order chi connectivity index (χ1) is 13.7. The van der Waals surface area contributed by atoms with Gasteiger partial charge in [-0.2, -0.15) is 0 Å². The number of rotatable bonds is 8. The van der Waals surface area contributed by atoms with Crippen molar-refractivity contribution in [2.24, 2.45) is 17.8 Å². The monoisotopic (exact) mass is 384 g/mol. The minimum Gasteiger partial charge on any atom is -0.352 e. The summed E-state index contributed by atoms with van der Waals surface area (Å²) in [5, 5.41) is 6.57. The second-order valence-corrected chi connectivity index (χ2v) is 8.79. The summed E-state index contributed by atoms with van der Waals surface area (Å²) in [4.78, 5) is 25.8. The highest BCUT2D eigenvalue weighted by Gasteiger charge is 2.32. The van der Waals surface area contributed by atoms with Gasteiger partial charge >= 0.3 is 0 Å². The van der Waals surface area contributed by atoms with E-state index in [0.717, 1.165) is 43.7 Å². The lowest BCUT2D eigenvalue weighted by molar-refractivity contribution is -0.127. The van der Waals surface area contributed by atoms with Crippen molar-refractivity contribution in [3.05, 3.63) is 35.9 Å². The molecule has 4 nitrogen and oxygen atoms in total. The molecule has 3 rings (SSSR count). The Bertz CT molecular complexity index is 625. The number of benzene rings is 1. The molecule has 0 spiro atoms. The van der Waals surface area contributed by atoms with E-state index in [1.165, 1.54) is 32.1 Å². The molecule has 0 saturated heterocycles. The number of Topliss-reactive ketones (excluding diaryl/α,β-unsaturated/α-hetero) is 1. The average molecular weight is 385 g/mol. The van der Waals surface area contributed by atoms with Crippen LogP contribution in [-0.2, 0) is 4.79 Å². The molecule has 1 amide bonds. The summed E-state index contributed by atoms with van der Waals surface area (Å²) in [7, 11) is 1.95. The van der Waals surface area contributed by atoms with E-state index in [-0.39, 0.29) is 29.6 Å². The highest BCUT2D eigenvalue weighted by atomic mass is 16.2. The number of hydrogen-bond acceptors (Lipinski definition) is 3. The first-order valence-electron chi connectivity index (χ1n) is 11.2. The van der Waals surface area contributed by atoms with Gasteiger partial charge in [0.25, 0.3) is 0 Å². The van der Waals surface area contributed by atoms with Gasteiger partial charge in [0, 0.05) is 30.0 Å². The normalized spacial score (nSPS) is 24.5. The predicted octanol–water partition coefficient (Wildman–Crippen LogP) is 4.35. The van der Waals surface area contributed by atoms with Crippen molar-refractivity contribution < 1.29 is 9.59 Å². The van der Waals surface area contributed by atoms with Gasteiger partial charge < -0.3 is 10.6 Å². The van der Waals surface area contributed by atoms with Gasteiger partial charge in [-0.1, -0.05) is 68.9 Å². The lowest BCUT2D eigenvalue weighted by atomic mass is 9.77. The molecule has 4 heteroatoms. The fourth-order valence-electron chi connectivity index (χ4n) is 5.09. The summed E-state index contributed by atoms with van der Waals surface area (Å²) in [5.74, 6) is 1.05. The van der Waals surface area contributed by atoms with E-state index in [1.54, 1.807) is 0 Å². The van der Waals surface area contributed by atoms with Gasteiger partial charge in [0.1, 0.15) is 0 Å². The van der Waals surface area contributed by atoms with Crippen LogP contribution in [0.1, 0.15) is 74.6 Å². The van der Waals surface area contributed by atoms with E-state index in [1.807, 2.05) is 37.4 Å². The molecule has 0 aromatic heterocycles. The third-order valence-corrected chi connectivity index (χ3v) is 6.61. The fourth-order valence-corrected chi connectivity index (χ4v) is 5.09. The average Bonchev–Trinajstić information content (AvgIpc) is 2.75. The third-order valence-electron chi connectivity index (χ3n) is 6.61. The van der Waals surface area contributed by atoms with Crippen LogP contribution in [0.3, 0.4) is 0 Å². The largest absolute Gasteiger partial charge is 0.352 e.